The number of hydrogen-bond acceptors (Lipinski definition) is 4. The van der Waals surface area contributed by atoms with Crippen LogP contribution >= 0.6 is 11.8 Å². The van der Waals surface area contributed by atoms with Crippen LogP contribution < -0.4 is 10.5 Å². The molecule has 1 aliphatic rings. The Morgan fingerprint density at radius 3 is 2.60 bits per heavy atom. The molecule has 2 heterocycles. The van der Waals surface area contributed by atoms with Crippen molar-refractivity contribution in [1.82, 2.24) is 9.55 Å². The zero-order valence-corrected chi connectivity index (χ0v) is 19.3. The summed E-state index contributed by atoms with van der Waals surface area (Å²) in [4.78, 5) is 32.8. The Bertz CT molecular complexity index is 1480. The highest BCUT2D eigenvalue weighted by molar-refractivity contribution is 7.99. The smallest absolute Gasteiger partial charge is 0.311 e. The maximum atomic E-state index is 13.4. The number of aryl methyl sites for hydroxylation is 1. The van der Waals surface area contributed by atoms with Gasteiger partial charge in [0.15, 0.2) is 5.16 Å². The first kappa shape index (κ1) is 23.2. The predicted molar refractivity (Wildman–Crippen MR) is 130 cm³/mol. The molecule has 4 aromatic rings. The van der Waals surface area contributed by atoms with Crippen molar-refractivity contribution in [2.75, 3.05) is 17.2 Å². The van der Waals surface area contributed by atoms with E-state index in [-0.39, 0.29) is 27.9 Å². The van der Waals surface area contributed by atoms with Gasteiger partial charge in [0.25, 0.3) is 5.56 Å². The summed E-state index contributed by atoms with van der Waals surface area (Å²) in [5, 5.41) is 0.442. The van der Waals surface area contributed by atoms with Crippen molar-refractivity contribution in [2.45, 2.75) is 24.2 Å². The van der Waals surface area contributed by atoms with Gasteiger partial charge in [-0.3, -0.25) is 14.2 Å². The third-order valence-corrected chi connectivity index (χ3v) is 6.84. The summed E-state index contributed by atoms with van der Waals surface area (Å²) in [6.45, 7) is 0.585. The van der Waals surface area contributed by atoms with E-state index in [1.54, 1.807) is 29.2 Å². The van der Waals surface area contributed by atoms with Crippen molar-refractivity contribution in [2.24, 2.45) is 0 Å². The molecule has 35 heavy (non-hydrogen) atoms. The SMILES string of the molecule is O=C(CSc1nc2ccccc2c(=O)n1-c1cccc(C(F)(F)F)c1)N1CCCc2ccccc21. The number of anilines is 1. The second-order valence-electron chi connectivity index (χ2n) is 8.17. The lowest BCUT2D eigenvalue weighted by Gasteiger charge is -2.29. The van der Waals surface area contributed by atoms with E-state index in [0.29, 0.717) is 12.1 Å². The third-order valence-electron chi connectivity index (χ3n) is 5.91. The number of para-hydroxylation sites is 2. The molecule has 5 nitrogen and oxygen atoms in total. The summed E-state index contributed by atoms with van der Waals surface area (Å²) in [6, 6.07) is 18.9. The van der Waals surface area contributed by atoms with Crippen LogP contribution in [0, 0.1) is 0 Å². The first-order valence-electron chi connectivity index (χ1n) is 11.0. The largest absolute Gasteiger partial charge is 0.416 e. The molecule has 0 saturated heterocycles. The van der Waals surface area contributed by atoms with Crippen molar-refractivity contribution in [3.8, 4) is 5.69 Å². The molecule has 1 aliphatic heterocycles. The number of aromatic nitrogens is 2. The Morgan fingerprint density at radius 1 is 1.00 bits per heavy atom. The minimum atomic E-state index is -4.56. The van der Waals surface area contributed by atoms with Crippen molar-refractivity contribution >= 4 is 34.3 Å². The van der Waals surface area contributed by atoms with E-state index in [9.17, 15) is 22.8 Å². The maximum Gasteiger partial charge on any atom is 0.416 e. The predicted octanol–water partition coefficient (Wildman–Crippen LogP) is 5.48. The van der Waals surface area contributed by atoms with Gasteiger partial charge in [-0.2, -0.15) is 13.2 Å². The Hall–Kier alpha value is -3.59. The van der Waals surface area contributed by atoms with E-state index in [0.717, 1.165) is 52.6 Å². The third kappa shape index (κ3) is 4.55. The molecule has 0 spiro atoms. The molecule has 0 saturated carbocycles. The van der Waals surface area contributed by atoms with E-state index in [1.807, 2.05) is 24.3 Å². The van der Waals surface area contributed by atoms with Crippen LogP contribution in [-0.4, -0.2) is 27.8 Å². The van der Waals surface area contributed by atoms with Gasteiger partial charge in [-0.05, 0) is 54.8 Å². The van der Waals surface area contributed by atoms with Crippen LogP contribution in [0.4, 0.5) is 18.9 Å². The van der Waals surface area contributed by atoms with Gasteiger partial charge < -0.3 is 4.90 Å². The number of nitrogens with zero attached hydrogens (tertiary/aromatic N) is 3. The molecule has 1 aromatic heterocycles. The Morgan fingerprint density at radius 2 is 1.77 bits per heavy atom. The summed E-state index contributed by atoms with van der Waals surface area (Å²) in [5.74, 6) is -0.168. The molecule has 0 aliphatic carbocycles. The lowest BCUT2D eigenvalue weighted by atomic mass is 10.0. The summed E-state index contributed by atoms with van der Waals surface area (Å²) >= 11 is 1.04. The molecule has 0 unspecified atom stereocenters. The number of thioether (sulfide) groups is 1. The fraction of sp³-hybridized carbons (Fsp3) is 0.192. The lowest BCUT2D eigenvalue weighted by molar-refractivity contribution is -0.137. The van der Waals surface area contributed by atoms with E-state index in [1.165, 1.54) is 12.1 Å². The van der Waals surface area contributed by atoms with Gasteiger partial charge in [-0.25, -0.2) is 4.98 Å². The average Bonchev–Trinajstić information content (AvgIpc) is 2.86. The van der Waals surface area contributed by atoms with Crippen molar-refractivity contribution in [1.29, 1.82) is 0 Å². The van der Waals surface area contributed by atoms with Crippen LogP contribution in [0.25, 0.3) is 16.6 Å². The fourth-order valence-corrected chi connectivity index (χ4v) is 5.14. The number of amides is 1. The topological polar surface area (TPSA) is 55.2 Å². The second kappa shape index (κ2) is 9.22. The van der Waals surface area contributed by atoms with Crippen LogP contribution in [0.5, 0.6) is 0 Å². The van der Waals surface area contributed by atoms with Crippen LogP contribution in [-0.2, 0) is 17.4 Å². The number of rotatable bonds is 4. The number of carbonyl (C=O) groups is 1. The quantitative estimate of drug-likeness (QED) is 0.278. The van der Waals surface area contributed by atoms with Crippen molar-refractivity contribution in [3.63, 3.8) is 0 Å². The van der Waals surface area contributed by atoms with Gasteiger partial charge in [0.1, 0.15) is 0 Å². The molecule has 0 N–H and O–H groups in total. The molecule has 178 valence electrons. The Balaban J connectivity index is 1.53. The second-order valence-corrected chi connectivity index (χ2v) is 9.11. The zero-order valence-electron chi connectivity index (χ0n) is 18.5. The standard InChI is InChI=1S/C26H20F3N3O2S/c27-26(28,29)18-9-5-10-19(15-18)32-24(34)20-11-2-3-12-21(20)30-25(32)35-16-23(33)31-14-6-8-17-7-1-4-13-22(17)31/h1-5,7,9-13,15H,6,8,14,16H2. The first-order valence-corrected chi connectivity index (χ1v) is 12.0. The number of fused-ring (bicyclic) bond motifs is 2. The molecule has 0 atom stereocenters. The van der Waals surface area contributed by atoms with Gasteiger partial charge in [-0.1, -0.05) is 48.2 Å². The van der Waals surface area contributed by atoms with E-state index < -0.39 is 17.3 Å². The van der Waals surface area contributed by atoms with Crippen LogP contribution in [0.15, 0.2) is 82.7 Å². The molecule has 3 aromatic carbocycles. The highest BCUT2D eigenvalue weighted by atomic mass is 32.2. The molecule has 9 heteroatoms. The summed E-state index contributed by atoms with van der Waals surface area (Å²) in [5.41, 5.74) is 1.06. The van der Waals surface area contributed by atoms with E-state index in [4.69, 9.17) is 0 Å². The van der Waals surface area contributed by atoms with Crippen molar-refractivity contribution in [3.05, 3.63) is 94.3 Å². The van der Waals surface area contributed by atoms with Gasteiger partial charge in [-0.15, -0.1) is 0 Å². The first-order chi connectivity index (χ1) is 16.8. The number of alkyl halides is 3. The minimum absolute atomic E-state index is 0.0158. The number of hydrogen-bond donors (Lipinski definition) is 0. The fourth-order valence-electron chi connectivity index (χ4n) is 4.26. The minimum Gasteiger partial charge on any atom is -0.311 e. The number of carbonyl (C=O) groups excluding carboxylic acids is 1. The molecular weight excluding hydrogens is 475 g/mol. The van der Waals surface area contributed by atoms with Crippen molar-refractivity contribution < 1.29 is 18.0 Å². The Kier molecular flexibility index (Phi) is 6.10. The van der Waals surface area contributed by atoms with E-state index in [2.05, 4.69) is 4.98 Å². The molecule has 0 radical (unpaired) electrons. The van der Waals surface area contributed by atoms with Crippen LogP contribution in [0.2, 0.25) is 0 Å². The molecule has 0 bridgehead atoms. The highest BCUT2D eigenvalue weighted by Gasteiger charge is 2.31. The molecule has 0 fully saturated rings. The summed E-state index contributed by atoms with van der Waals surface area (Å²) in [6.07, 6.45) is -2.82. The van der Waals surface area contributed by atoms with Gasteiger partial charge in [0.05, 0.1) is 27.9 Å². The average molecular weight is 496 g/mol. The summed E-state index contributed by atoms with van der Waals surface area (Å²) in [7, 11) is 0. The molecule has 5 rings (SSSR count). The summed E-state index contributed by atoms with van der Waals surface area (Å²) < 4.78 is 41.2. The molecular formula is C26H20F3N3O2S. The lowest BCUT2D eigenvalue weighted by Crippen LogP contribution is -2.36. The van der Waals surface area contributed by atoms with Gasteiger partial charge in [0, 0.05) is 12.2 Å². The molecule has 1 amide bonds. The number of halogens is 3. The number of benzene rings is 3. The zero-order chi connectivity index (χ0) is 24.6. The monoisotopic (exact) mass is 495 g/mol. The van der Waals surface area contributed by atoms with Crippen LogP contribution in [0.1, 0.15) is 17.5 Å². The highest BCUT2D eigenvalue weighted by Crippen LogP contribution is 2.32. The maximum absolute atomic E-state index is 13.4. The van der Waals surface area contributed by atoms with Gasteiger partial charge in [0.2, 0.25) is 5.91 Å². The van der Waals surface area contributed by atoms with E-state index >= 15 is 0 Å². The van der Waals surface area contributed by atoms with Gasteiger partial charge >= 0.3 is 6.18 Å². The normalized spacial score (nSPS) is 13.6. The Labute approximate surface area is 203 Å². The van der Waals surface area contributed by atoms with Crippen LogP contribution in [0.3, 0.4) is 0 Å².